The number of thiazole rings is 1. The van der Waals surface area contributed by atoms with Crippen LogP contribution in [-0.2, 0) is 6.42 Å². The van der Waals surface area contributed by atoms with Crippen molar-refractivity contribution < 1.29 is 5.11 Å². The quantitative estimate of drug-likeness (QED) is 0.748. The fraction of sp³-hybridized carbons (Fsp3) is 0.188. The molecule has 0 aliphatic carbocycles. The third-order valence-corrected chi connectivity index (χ3v) is 5.00. The number of hydrogen-bond acceptors (Lipinski definition) is 3. The zero-order valence-electron chi connectivity index (χ0n) is 11.0. The van der Waals surface area contributed by atoms with Gasteiger partial charge >= 0.3 is 0 Å². The van der Waals surface area contributed by atoms with E-state index in [9.17, 15) is 5.11 Å². The number of nitrogens with zero attached hydrogens (tertiary/aromatic N) is 1. The van der Waals surface area contributed by atoms with E-state index in [1.54, 1.807) is 11.3 Å². The van der Waals surface area contributed by atoms with E-state index < -0.39 is 6.10 Å². The van der Waals surface area contributed by atoms with Gasteiger partial charge in [-0.05, 0) is 30.7 Å². The van der Waals surface area contributed by atoms with Crippen LogP contribution in [0.5, 0.6) is 0 Å². The van der Waals surface area contributed by atoms with Gasteiger partial charge in [0.05, 0.1) is 21.3 Å². The van der Waals surface area contributed by atoms with Gasteiger partial charge in [0.25, 0.3) is 0 Å². The molecule has 1 aromatic heterocycles. The molecule has 102 valence electrons. The van der Waals surface area contributed by atoms with Crippen molar-refractivity contribution in [2.75, 3.05) is 0 Å². The van der Waals surface area contributed by atoms with Crippen LogP contribution in [0.4, 0.5) is 0 Å². The van der Waals surface area contributed by atoms with E-state index in [0.29, 0.717) is 6.42 Å². The van der Waals surface area contributed by atoms with E-state index in [2.05, 4.69) is 27.0 Å². The maximum Gasteiger partial charge on any atom is 0.0967 e. The van der Waals surface area contributed by atoms with Crippen LogP contribution >= 0.6 is 27.3 Å². The van der Waals surface area contributed by atoms with Crippen molar-refractivity contribution in [3.05, 3.63) is 63.1 Å². The Labute approximate surface area is 130 Å². The van der Waals surface area contributed by atoms with E-state index in [0.717, 1.165) is 30.8 Å². The molecule has 1 N–H and O–H groups in total. The SMILES string of the molecule is Cc1ccc(Br)c(C(O)Cc2nc3ccccc3s2)c1. The number of halogens is 1. The maximum atomic E-state index is 10.4. The first kappa shape index (κ1) is 13.7. The second kappa shape index (κ2) is 5.64. The first-order chi connectivity index (χ1) is 9.63. The summed E-state index contributed by atoms with van der Waals surface area (Å²) in [5, 5.41) is 11.4. The number of benzene rings is 2. The van der Waals surface area contributed by atoms with Crippen molar-refractivity contribution in [2.24, 2.45) is 0 Å². The molecule has 1 atom stereocenters. The van der Waals surface area contributed by atoms with Gasteiger partial charge in [-0.2, -0.15) is 0 Å². The van der Waals surface area contributed by atoms with Crippen molar-refractivity contribution >= 4 is 37.5 Å². The minimum absolute atomic E-state index is 0.537. The fourth-order valence-electron chi connectivity index (χ4n) is 2.20. The predicted molar refractivity (Wildman–Crippen MR) is 87.2 cm³/mol. The molecule has 3 rings (SSSR count). The molecule has 0 aliphatic rings. The molecule has 2 nitrogen and oxygen atoms in total. The topological polar surface area (TPSA) is 33.1 Å². The molecule has 20 heavy (non-hydrogen) atoms. The minimum atomic E-state index is -0.537. The summed E-state index contributed by atoms with van der Waals surface area (Å²) in [5.74, 6) is 0. The zero-order valence-corrected chi connectivity index (χ0v) is 13.4. The van der Waals surface area contributed by atoms with E-state index >= 15 is 0 Å². The number of rotatable bonds is 3. The number of aromatic nitrogens is 1. The van der Waals surface area contributed by atoms with Gasteiger partial charge in [0.1, 0.15) is 0 Å². The van der Waals surface area contributed by atoms with Gasteiger partial charge in [-0.25, -0.2) is 4.98 Å². The third kappa shape index (κ3) is 2.77. The van der Waals surface area contributed by atoms with Crippen LogP contribution in [0.2, 0.25) is 0 Å². The second-order valence-corrected chi connectivity index (χ2v) is 6.79. The monoisotopic (exact) mass is 347 g/mol. The second-order valence-electron chi connectivity index (χ2n) is 4.82. The molecule has 4 heteroatoms. The van der Waals surface area contributed by atoms with Gasteiger partial charge in [-0.3, -0.25) is 0 Å². The Morgan fingerprint density at radius 2 is 2.05 bits per heavy atom. The predicted octanol–water partition coefficient (Wildman–Crippen LogP) is 4.64. The van der Waals surface area contributed by atoms with Crippen molar-refractivity contribution in [3.63, 3.8) is 0 Å². The normalized spacial score (nSPS) is 12.8. The highest BCUT2D eigenvalue weighted by Crippen LogP contribution is 2.30. The molecule has 0 amide bonds. The number of fused-ring (bicyclic) bond motifs is 1. The van der Waals surface area contributed by atoms with Gasteiger partial charge in [-0.1, -0.05) is 45.8 Å². The lowest BCUT2D eigenvalue weighted by Crippen LogP contribution is -2.02. The van der Waals surface area contributed by atoms with Crippen molar-refractivity contribution in [1.29, 1.82) is 0 Å². The largest absolute Gasteiger partial charge is 0.388 e. The summed E-state index contributed by atoms with van der Waals surface area (Å²) in [6, 6.07) is 14.1. The standard InChI is InChI=1S/C16H14BrNOS/c1-10-6-7-12(17)11(8-10)14(19)9-16-18-13-4-2-3-5-15(13)20-16/h2-8,14,19H,9H2,1H3. The summed E-state index contributed by atoms with van der Waals surface area (Å²) in [6.45, 7) is 2.03. The molecule has 0 saturated carbocycles. The Morgan fingerprint density at radius 1 is 1.25 bits per heavy atom. The van der Waals surface area contributed by atoms with Crippen LogP contribution in [-0.4, -0.2) is 10.1 Å². The molecule has 1 heterocycles. The summed E-state index contributed by atoms with van der Waals surface area (Å²) in [7, 11) is 0. The Bertz CT molecular complexity index is 720. The van der Waals surface area contributed by atoms with Crippen LogP contribution < -0.4 is 0 Å². The van der Waals surface area contributed by atoms with Crippen LogP contribution in [0.1, 0.15) is 22.2 Å². The maximum absolute atomic E-state index is 10.4. The van der Waals surface area contributed by atoms with E-state index in [-0.39, 0.29) is 0 Å². The molecule has 0 fully saturated rings. The third-order valence-electron chi connectivity index (χ3n) is 3.22. The Kier molecular flexibility index (Phi) is 3.87. The molecule has 0 saturated heterocycles. The van der Waals surface area contributed by atoms with Crippen molar-refractivity contribution in [2.45, 2.75) is 19.4 Å². The number of aliphatic hydroxyl groups is 1. The molecule has 3 aromatic rings. The summed E-state index contributed by atoms with van der Waals surface area (Å²) >= 11 is 5.15. The Hall–Kier alpha value is -1.23. The Balaban J connectivity index is 1.88. The lowest BCUT2D eigenvalue weighted by Gasteiger charge is -2.12. The highest BCUT2D eigenvalue weighted by Gasteiger charge is 2.15. The van der Waals surface area contributed by atoms with Crippen molar-refractivity contribution in [3.8, 4) is 0 Å². The minimum Gasteiger partial charge on any atom is -0.388 e. The summed E-state index contributed by atoms with van der Waals surface area (Å²) < 4.78 is 2.11. The van der Waals surface area contributed by atoms with Gasteiger partial charge in [0.2, 0.25) is 0 Å². The van der Waals surface area contributed by atoms with E-state index in [4.69, 9.17) is 0 Å². The van der Waals surface area contributed by atoms with Crippen LogP contribution in [0.25, 0.3) is 10.2 Å². The molecular formula is C16H14BrNOS. The van der Waals surface area contributed by atoms with Gasteiger partial charge in [0.15, 0.2) is 0 Å². The number of aliphatic hydroxyl groups excluding tert-OH is 1. The lowest BCUT2D eigenvalue weighted by molar-refractivity contribution is 0.177. The average molecular weight is 348 g/mol. The van der Waals surface area contributed by atoms with Crippen molar-refractivity contribution in [1.82, 2.24) is 4.98 Å². The van der Waals surface area contributed by atoms with Gasteiger partial charge in [-0.15, -0.1) is 11.3 Å². The number of aryl methyl sites for hydroxylation is 1. The summed E-state index contributed by atoms with van der Waals surface area (Å²) in [4.78, 5) is 4.57. The number of para-hydroxylation sites is 1. The van der Waals surface area contributed by atoms with Gasteiger partial charge in [0, 0.05) is 10.9 Å². The van der Waals surface area contributed by atoms with Gasteiger partial charge < -0.3 is 5.11 Å². The highest BCUT2D eigenvalue weighted by atomic mass is 79.9. The fourth-order valence-corrected chi connectivity index (χ4v) is 3.72. The molecule has 0 aliphatic heterocycles. The summed E-state index contributed by atoms with van der Waals surface area (Å²) in [5.41, 5.74) is 3.07. The van der Waals surface area contributed by atoms with Crippen LogP contribution in [0, 0.1) is 6.92 Å². The first-order valence-corrected chi connectivity index (χ1v) is 8.03. The smallest absolute Gasteiger partial charge is 0.0967 e. The Morgan fingerprint density at radius 3 is 2.85 bits per heavy atom. The van der Waals surface area contributed by atoms with Crippen LogP contribution in [0.15, 0.2) is 46.9 Å². The summed E-state index contributed by atoms with van der Waals surface area (Å²) in [6.07, 6.45) is 0.00587. The first-order valence-electron chi connectivity index (χ1n) is 6.42. The number of hydrogen-bond donors (Lipinski definition) is 1. The highest BCUT2D eigenvalue weighted by molar-refractivity contribution is 9.10. The molecular weight excluding hydrogens is 334 g/mol. The molecule has 0 radical (unpaired) electrons. The molecule has 0 bridgehead atoms. The average Bonchev–Trinajstić information content (AvgIpc) is 2.83. The van der Waals surface area contributed by atoms with E-state index in [1.807, 2.05) is 43.3 Å². The van der Waals surface area contributed by atoms with E-state index in [1.165, 1.54) is 0 Å². The molecule has 0 spiro atoms. The lowest BCUT2D eigenvalue weighted by atomic mass is 10.0. The molecule has 1 unspecified atom stereocenters. The molecule has 2 aromatic carbocycles. The zero-order chi connectivity index (χ0) is 14.1. The van der Waals surface area contributed by atoms with Crippen LogP contribution in [0.3, 0.4) is 0 Å².